The van der Waals surface area contributed by atoms with Gasteiger partial charge in [0.25, 0.3) is 0 Å². The van der Waals surface area contributed by atoms with E-state index in [-0.39, 0.29) is 5.15 Å². The standard InChI is InChI=1S/C13H6BrCl2FN2S/c1-5-4-20-11(10(5)15)13-18-9-3-8(17)7(14)2-6(9)12(16)19-13/h2-4H,1H3. The molecule has 0 N–H and O–H groups in total. The minimum absolute atomic E-state index is 0.271. The summed E-state index contributed by atoms with van der Waals surface area (Å²) in [7, 11) is 0. The first-order valence-corrected chi connectivity index (χ1v) is 7.96. The summed E-state index contributed by atoms with van der Waals surface area (Å²) >= 11 is 16.9. The Balaban J connectivity index is 2.29. The van der Waals surface area contributed by atoms with E-state index in [9.17, 15) is 4.39 Å². The number of hydrogen-bond donors (Lipinski definition) is 0. The van der Waals surface area contributed by atoms with Gasteiger partial charge in [0.2, 0.25) is 0 Å². The Labute approximate surface area is 136 Å². The maximum Gasteiger partial charge on any atom is 0.173 e. The molecule has 102 valence electrons. The third kappa shape index (κ3) is 2.33. The summed E-state index contributed by atoms with van der Waals surface area (Å²) < 4.78 is 14.0. The third-order valence-corrected chi connectivity index (χ3v) is 5.38. The van der Waals surface area contributed by atoms with Crippen molar-refractivity contribution in [1.82, 2.24) is 9.97 Å². The lowest BCUT2D eigenvalue weighted by Crippen LogP contribution is -1.92. The van der Waals surface area contributed by atoms with Gasteiger partial charge in [-0.05, 0) is 39.9 Å². The number of aromatic nitrogens is 2. The molecule has 0 saturated heterocycles. The summed E-state index contributed by atoms with van der Waals surface area (Å²) in [6.07, 6.45) is 0. The molecule has 20 heavy (non-hydrogen) atoms. The zero-order chi connectivity index (χ0) is 14.4. The Kier molecular flexibility index (Phi) is 3.71. The number of thiophene rings is 1. The Morgan fingerprint density at radius 3 is 2.65 bits per heavy atom. The van der Waals surface area contributed by atoms with Crippen LogP contribution in [-0.2, 0) is 0 Å². The van der Waals surface area contributed by atoms with Crippen molar-refractivity contribution in [2.75, 3.05) is 0 Å². The maximum absolute atomic E-state index is 13.6. The van der Waals surface area contributed by atoms with Crippen LogP contribution in [0.25, 0.3) is 21.6 Å². The maximum atomic E-state index is 13.6. The van der Waals surface area contributed by atoms with Crippen molar-refractivity contribution in [2.24, 2.45) is 0 Å². The highest BCUT2D eigenvalue weighted by molar-refractivity contribution is 9.10. The number of rotatable bonds is 1. The molecular formula is C13H6BrCl2FN2S. The first-order chi connectivity index (χ1) is 9.47. The Hall–Kier alpha value is -0.750. The molecule has 2 heterocycles. The molecule has 3 rings (SSSR count). The molecule has 1 aromatic carbocycles. The lowest BCUT2D eigenvalue weighted by atomic mass is 10.2. The van der Waals surface area contributed by atoms with Gasteiger partial charge in [0.1, 0.15) is 11.0 Å². The molecule has 0 aliphatic heterocycles. The average molecular weight is 392 g/mol. The van der Waals surface area contributed by atoms with Gasteiger partial charge in [0.15, 0.2) is 5.82 Å². The van der Waals surface area contributed by atoms with E-state index in [0.29, 0.717) is 26.2 Å². The Bertz CT molecular complexity index is 835. The Morgan fingerprint density at radius 1 is 1.25 bits per heavy atom. The monoisotopic (exact) mass is 390 g/mol. The second kappa shape index (κ2) is 5.22. The molecule has 3 aromatic rings. The summed E-state index contributed by atoms with van der Waals surface area (Å²) in [4.78, 5) is 9.34. The number of hydrogen-bond acceptors (Lipinski definition) is 3. The minimum atomic E-state index is -0.397. The number of halogens is 4. The van der Waals surface area contributed by atoms with Crippen LogP contribution in [0.4, 0.5) is 4.39 Å². The number of aryl methyl sites for hydroxylation is 1. The highest BCUT2D eigenvalue weighted by Crippen LogP contribution is 2.36. The van der Waals surface area contributed by atoms with Crippen LogP contribution in [0.1, 0.15) is 5.56 Å². The second-order valence-corrected chi connectivity index (χ2v) is 6.65. The van der Waals surface area contributed by atoms with Gasteiger partial charge in [-0.2, -0.15) is 0 Å². The fourth-order valence-corrected chi connectivity index (χ4v) is 3.55. The predicted molar refractivity (Wildman–Crippen MR) is 85.3 cm³/mol. The van der Waals surface area contributed by atoms with Crippen LogP contribution in [0, 0.1) is 12.7 Å². The van der Waals surface area contributed by atoms with E-state index in [1.54, 1.807) is 6.07 Å². The molecule has 0 aliphatic rings. The SMILES string of the molecule is Cc1csc(-c2nc(Cl)c3cc(Br)c(F)cc3n2)c1Cl. The molecule has 7 heteroatoms. The summed E-state index contributed by atoms with van der Waals surface area (Å²) in [5.74, 6) is 0.0130. The van der Waals surface area contributed by atoms with Crippen molar-refractivity contribution in [3.63, 3.8) is 0 Å². The lowest BCUT2D eigenvalue weighted by Gasteiger charge is -2.05. The van der Waals surface area contributed by atoms with E-state index in [0.717, 1.165) is 10.4 Å². The molecular weight excluding hydrogens is 386 g/mol. The van der Waals surface area contributed by atoms with Crippen molar-refractivity contribution in [1.29, 1.82) is 0 Å². The number of benzene rings is 1. The van der Waals surface area contributed by atoms with Gasteiger partial charge in [0, 0.05) is 11.5 Å². The highest BCUT2D eigenvalue weighted by Gasteiger charge is 2.15. The van der Waals surface area contributed by atoms with Crippen molar-refractivity contribution < 1.29 is 4.39 Å². The summed E-state index contributed by atoms with van der Waals surface area (Å²) in [5.41, 5.74) is 1.40. The second-order valence-electron chi connectivity index (χ2n) is 4.18. The lowest BCUT2D eigenvalue weighted by molar-refractivity contribution is 0.623. The summed E-state index contributed by atoms with van der Waals surface area (Å²) in [6, 6.07) is 2.89. The van der Waals surface area contributed by atoms with Crippen LogP contribution in [0.15, 0.2) is 22.0 Å². The van der Waals surface area contributed by atoms with E-state index < -0.39 is 5.82 Å². The van der Waals surface area contributed by atoms with Gasteiger partial charge in [-0.25, -0.2) is 14.4 Å². The third-order valence-electron chi connectivity index (χ3n) is 2.79. The van der Waals surface area contributed by atoms with Gasteiger partial charge in [-0.3, -0.25) is 0 Å². The molecule has 0 radical (unpaired) electrons. The topological polar surface area (TPSA) is 25.8 Å². The molecule has 0 amide bonds. The molecule has 0 bridgehead atoms. The van der Waals surface area contributed by atoms with Crippen molar-refractivity contribution in [2.45, 2.75) is 6.92 Å². The molecule has 0 spiro atoms. The van der Waals surface area contributed by atoms with Crippen LogP contribution in [-0.4, -0.2) is 9.97 Å². The van der Waals surface area contributed by atoms with E-state index in [1.165, 1.54) is 17.4 Å². The molecule has 2 aromatic heterocycles. The van der Waals surface area contributed by atoms with Crippen LogP contribution < -0.4 is 0 Å². The smallest absolute Gasteiger partial charge is 0.173 e. The van der Waals surface area contributed by atoms with E-state index >= 15 is 0 Å². The van der Waals surface area contributed by atoms with Gasteiger partial charge in [-0.1, -0.05) is 23.2 Å². The summed E-state index contributed by atoms with van der Waals surface area (Å²) in [5, 5.41) is 3.38. The first-order valence-electron chi connectivity index (χ1n) is 5.53. The van der Waals surface area contributed by atoms with E-state index in [1.807, 2.05) is 12.3 Å². The normalized spacial score (nSPS) is 11.2. The molecule has 0 saturated carbocycles. The van der Waals surface area contributed by atoms with Crippen LogP contribution in [0.5, 0.6) is 0 Å². The molecule has 0 aliphatic carbocycles. The first kappa shape index (κ1) is 14.2. The molecule has 2 nitrogen and oxygen atoms in total. The molecule has 0 fully saturated rings. The largest absolute Gasteiger partial charge is 0.227 e. The summed E-state index contributed by atoms with van der Waals surface area (Å²) in [6.45, 7) is 1.90. The minimum Gasteiger partial charge on any atom is -0.227 e. The average Bonchev–Trinajstić information content (AvgIpc) is 2.72. The zero-order valence-electron chi connectivity index (χ0n) is 10.0. The van der Waals surface area contributed by atoms with Gasteiger partial charge < -0.3 is 0 Å². The van der Waals surface area contributed by atoms with E-state index in [2.05, 4.69) is 25.9 Å². The van der Waals surface area contributed by atoms with Crippen molar-refractivity contribution in [3.05, 3.63) is 43.5 Å². The predicted octanol–water partition coefficient (Wildman–Crippen LogP) is 5.88. The highest BCUT2D eigenvalue weighted by atomic mass is 79.9. The van der Waals surface area contributed by atoms with Crippen molar-refractivity contribution in [3.8, 4) is 10.7 Å². The van der Waals surface area contributed by atoms with Crippen LogP contribution in [0.3, 0.4) is 0 Å². The molecule has 0 atom stereocenters. The zero-order valence-corrected chi connectivity index (χ0v) is 14.0. The molecule has 0 unspecified atom stereocenters. The number of nitrogens with zero attached hydrogens (tertiary/aromatic N) is 2. The van der Waals surface area contributed by atoms with Crippen LogP contribution >= 0.6 is 50.5 Å². The Morgan fingerprint density at radius 2 is 2.00 bits per heavy atom. The van der Waals surface area contributed by atoms with Crippen LogP contribution in [0.2, 0.25) is 10.2 Å². The van der Waals surface area contributed by atoms with Gasteiger partial charge in [-0.15, -0.1) is 11.3 Å². The van der Waals surface area contributed by atoms with E-state index in [4.69, 9.17) is 23.2 Å². The van der Waals surface area contributed by atoms with Gasteiger partial charge in [0.05, 0.1) is 19.9 Å². The van der Waals surface area contributed by atoms with Gasteiger partial charge >= 0.3 is 0 Å². The fraction of sp³-hybridized carbons (Fsp3) is 0.0769. The quantitative estimate of drug-likeness (QED) is 0.484. The number of fused-ring (bicyclic) bond motifs is 1. The fourth-order valence-electron chi connectivity index (χ4n) is 1.77. The van der Waals surface area contributed by atoms with Crippen molar-refractivity contribution >= 4 is 61.4 Å².